The SMILES string of the molecule is CCOC(=O)c1ccc2c(C(=Nc3ccc4c(c3)CCN4)c3ccccc3)c(O)[nH]c2c1. The minimum Gasteiger partial charge on any atom is -0.494 e. The van der Waals surface area contributed by atoms with Crippen LogP contribution >= 0.6 is 0 Å². The van der Waals surface area contributed by atoms with E-state index in [-0.39, 0.29) is 5.88 Å². The number of aliphatic imine (C=N–C) groups is 1. The molecule has 1 aromatic heterocycles. The fourth-order valence-electron chi connectivity index (χ4n) is 4.12. The topological polar surface area (TPSA) is 86.7 Å². The Labute approximate surface area is 185 Å². The highest BCUT2D eigenvalue weighted by Gasteiger charge is 2.20. The smallest absolute Gasteiger partial charge is 0.338 e. The van der Waals surface area contributed by atoms with Crippen molar-refractivity contribution in [2.45, 2.75) is 13.3 Å². The zero-order valence-corrected chi connectivity index (χ0v) is 17.7. The van der Waals surface area contributed by atoms with Gasteiger partial charge in [0, 0.05) is 28.7 Å². The van der Waals surface area contributed by atoms with Crippen molar-refractivity contribution < 1.29 is 14.6 Å². The van der Waals surface area contributed by atoms with Gasteiger partial charge in [0.25, 0.3) is 0 Å². The normalized spacial score (nSPS) is 13.1. The molecular formula is C26H23N3O3. The molecule has 0 spiro atoms. The summed E-state index contributed by atoms with van der Waals surface area (Å²) in [5.41, 5.74) is 6.42. The molecule has 3 N–H and O–H groups in total. The van der Waals surface area contributed by atoms with Crippen LogP contribution in [0.25, 0.3) is 10.9 Å². The molecule has 5 rings (SSSR count). The summed E-state index contributed by atoms with van der Waals surface area (Å²) in [5, 5.41) is 15.0. The van der Waals surface area contributed by atoms with Crippen molar-refractivity contribution in [1.82, 2.24) is 4.98 Å². The number of aromatic nitrogens is 1. The lowest BCUT2D eigenvalue weighted by molar-refractivity contribution is 0.0526. The number of ether oxygens (including phenoxy) is 1. The van der Waals surface area contributed by atoms with E-state index >= 15 is 0 Å². The molecule has 0 saturated carbocycles. The van der Waals surface area contributed by atoms with Crippen molar-refractivity contribution in [3.8, 4) is 5.88 Å². The first kappa shape index (κ1) is 19.9. The number of rotatable bonds is 5. The molecule has 0 atom stereocenters. The van der Waals surface area contributed by atoms with Crippen molar-refractivity contribution in [2.24, 2.45) is 4.99 Å². The van der Waals surface area contributed by atoms with Gasteiger partial charge < -0.3 is 20.1 Å². The molecule has 6 heteroatoms. The van der Waals surface area contributed by atoms with Crippen LogP contribution in [-0.2, 0) is 11.2 Å². The number of carbonyl (C=O) groups excluding carboxylic acids is 1. The third kappa shape index (κ3) is 3.60. The highest BCUT2D eigenvalue weighted by molar-refractivity contribution is 6.22. The van der Waals surface area contributed by atoms with Gasteiger partial charge in [-0.3, -0.25) is 0 Å². The molecule has 2 heterocycles. The van der Waals surface area contributed by atoms with Gasteiger partial charge in [-0.2, -0.15) is 0 Å². The first-order valence-corrected chi connectivity index (χ1v) is 10.7. The molecule has 0 amide bonds. The molecule has 0 aliphatic carbocycles. The number of hydrogen-bond acceptors (Lipinski definition) is 5. The summed E-state index contributed by atoms with van der Waals surface area (Å²) in [5.74, 6) is -0.389. The summed E-state index contributed by atoms with van der Waals surface area (Å²) >= 11 is 0. The third-order valence-electron chi connectivity index (χ3n) is 5.61. The first-order valence-electron chi connectivity index (χ1n) is 10.7. The van der Waals surface area contributed by atoms with E-state index in [1.807, 2.05) is 48.5 Å². The van der Waals surface area contributed by atoms with Crippen LogP contribution in [0.4, 0.5) is 11.4 Å². The molecule has 0 unspecified atom stereocenters. The number of benzene rings is 3. The van der Waals surface area contributed by atoms with Gasteiger partial charge in [0.05, 0.1) is 29.1 Å². The van der Waals surface area contributed by atoms with Crippen molar-refractivity contribution in [3.05, 3.63) is 89.0 Å². The van der Waals surface area contributed by atoms with Crippen molar-refractivity contribution >= 4 is 34.0 Å². The summed E-state index contributed by atoms with van der Waals surface area (Å²) < 4.78 is 5.10. The molecule has 4 aromatic rings. The molecular weight excluding hydrogens is 402 g/mol. The summed E-state index contributed by atoms with van der Waals surface area (Å²) in [6.45, 7) is 3.01. The van der Waals surface area contributed by atoms with Crippen LogP contribution in [0.3, 0.4) is 0 Å². The summed E-state index contributed by atoms with van der Waals surface area (Å²) in [7, 11) is 0. The molecule has 0 radical (unpaired) electrons. The summed E-state index contributed by atoms with van der Waals surface area (Å²) in [6.07, 6.45) is 0.967. The summed E-state index contributed by atoms with van der Waals surface area (Å²) in [4.78, 5) is 20.1. The van der Waals surface area contributed by atoms with Gasteiger partial charge >= 0.3 is 5.97 Å². The fourth-order valence-corrected chi connectivity index (χ4v) is 4.12. The number of nitrogens with one attached hydrogen (secondary N) is 2. The van der Waals surface area contributed by atoms with Crippen LogP contribution in [0.2, 0.25) is 0 Å². The van der Waals surface area contributed by atoms with Gasteiger partial charge in [-0.15, -0.1) is 0 Å². The van der Waals surface area contributed by atoms with E-state index in [4.69, 9.17) is 9.73 Å². The second-order valence-electron chi connectivity index (χ2n) is 7.67. The first-order chi connectivity index (χ1) is 15.6. The van der Waals surface area contributed by atoms with Crippen LogP contribution in [0.15, 0.2) is 71.7 Å². The average Bonchev–Trinajstić information content (AvgIpc) is 3.40. The Kier molecular flexibility index (Phi) is 5.11. The summed E-state index contributed by atoms with van der Waals surface area (Å²) in [6, 6.07) is 21.1. The molecule has 0 bridgehead atoms. The van der Waals surface area contributed by atoms with Crippen molar-refractivity contribution in [3.63, 3.8) is 0 Å². The second kappa shape index (κ2) is 8.23. The largest absolute Gasteiger partial charge is 0.494 e. The number of nitrogens with zero attached hydrogens (tertiary/aromatic N) is 1. The molecule has 0 fully saturated rings. The Morgan fingerprint density at radius 1 is 1.06 bits per heavy atom. The fraction of sp³-hybridized carbons (Fsp3) is 0.154. The van der Waals surface area contributed by atoms with E-state index in [2.05, 4.69) is 16.4 Å². The number of hydrogen-bond donors (Lipinski definition) is 3. The van der Waals surface area contributed by atoms with Crippen molar-refractivity contribution in [2.75, 3.05) is 18.5 Å². The number of carbonyl (C=O) groups is 1. The van der Waals surface area contributed by atoms with E-state index < -0.39 is 5.97 Å². The van der Waals surface area contributed by atoms with E-state index in [1.165, 1.54) is 5.56 Å². The molecule has 1 aliphatic rings. The molecule has 160 valence electrons. The zero-order chi connectivity index (χ0) is 22.1. The second-order valence-corrected chi connectivity index (χ2v) is 7.67. The van der Waals surface area contributed by atoms with E-state index in [0.29, 0.717) is 29.0 Å². The lowest BCUT2D eigenvalue weighted by Crippen LogP contribution is -2.05. The number of aromatic amines is 1. The maximum atomic E-state index is 12.1. The number of fused-ring (bicyclic) bond motifs is 2. The highest BCUT2D eigenvalue weighted by atomic mass is 16.5. The molecule has 1 aliphatic heterocycles. The lowest BCUT2D eigenvalue weighted by atomic mass is 10.00. The Balaban J connectivity index is 1.67. The maximum Gasteiger partial charge on any atom is 0.338 e. The Morgan fingerprint density at radius 2 is 1.91 bits per heavy atom. The highest BCUT2D eigenvalue weighted by Crippen LogP contribution is 2.33. The van der Waals surface area contributed by atoms with Gasteiger partial charge in [0.1, 0.15) is 0 Å². The van der Waals surface area contributed by atoms with Crippen LogP contribution in [0.5, 0.6) is 5.88 Å². The zero-order valence-electron chi connectivity index (χ0n) is 17.7. The predicted molar refractivity (Wildman–Crippen MR) is 126 cm³/mol. The minimum absolute atomic E-state index is 0.00596. The Morgan fingerprint density at radius 3 is 2.72 bits per heavy atom. The van der Waals surface area contributed by atoms with E-state index in [9.17, 15) is 9.90 Å². The number of anilines is 1. The van der Waals surface area contributed by atoms with Crippen LogP contribution in [0, 0.1) is 0 Å². The standard InChI is InChI=1S/C26H23N3O3/c1-2-32-26(31)18-8-10-20-22(15-18)29-25(30)23(20)24(16-6-4-3-5-7-16)28-19-9-11-21-17(14-19)12-13-27-21/h3-11,14-15,27,29-30H,2,12-13H2,1H3. The monoisotopic (exact) mass is 425 g/mol. The van der Waals surface area contributed by atoms with Gasteiger partial charge in [0.2, 0.25) is 0 Å². The quantitative estimate of drug-likeness (QED) is 0.303. The Bertz CT molecular complexity index is 1340. The Hall–Kier alpha value is -4.06. The average molecular weight is 425 g/mol. The van der Waals surface area contributed by atoms with Gasteiger partial charge in [-0.25, -0.2) is 9.79 Å². The number of esters is 1. The van der Waals surface area contributed by atoms with E-state index in [0.717, 1.165) is 35.3 Å². The van der Waals surface area contributed by atoms with Crippen molar-refractivity contribution in [1.29, 1.82) is 0 Å². The van der Waals surface area contributed by atoms with Crippen LogP contribution in [0.1, 0.15) is 34.0 Å². The number of aromatic hydroxyl groups is 1. The van der Waals surface area contributed by atoms with Crippen LogP contribution in [-0.4, -0.2) is 34.9 Å². The van der Waals surface area contributed by atoms with Crippen LogP contribution < -0.4 is 5.32 Å². The molecule has 3 aromatic carbocycles. The lowest BCUT2D eigenvalue weighted by Gasteiger charge is -2.09. The molecule has 6 nitrogen and oxygen atoms in total. The third-order valence-corrected chi connectivity index (χ3v) is 5.61. The predicted octanol–water partition coefficient (Wildman–Crippen LogP) is 5.19. The van der Waals surface area contributed by atoms with Gasteiger partial charge in [-0.05, 0) is 49.2 Å². The minimum atomic E-state index is -0.395. The van der Waals surface area contributed by atoms with E-state index in [1.54, 1.807) is 19.1 Å². The van der Waals surface area contributed by atoms with Gasteiger partial charge in [-0.1, -0.05) is 36.4 Å². The molecule has 0 saturated heterocycles. The maximum absolute atomic E-state index is 12.1. The number of H-pyrrole nitrogens is 1. The molecule has 32 heavy (non-hydrogen) atoms. The van der Waals surface area contributed by atoms with Gasteiger partial charge in [0.15, 0.2) is 5.88 Å².